The number of nitrogens with zero attached hydrogens (tertiary/aromatic N) is 6. The molecule has 0 N–H and O–H groups in total. The van der Waals surface area contributed by atoms with Crippen molar-refractivity contribution < 1.29 is 12.6 Å². The molecule has 0 saturated carbocycles. The number of azide groups is 1. The van der Waals surface area contributed by atoms with Gasteiger partial charge in [-0.1, -0.05) is 48.2 Å². The molecule has 31 heavy (non-hydrogen) atoms. The number of aromatic nitrogens is 3. The number of benzene rings is 1. The number of hydrogen-bond acceptors (Lipinski definition) is 6. The average molecular weight is 481 g/mol. The summed E-state index contributed by atoms with van der Waals surface area (Å²) in [5, 5.41) is 3.89. The Labute approximate surface area is 189 Å². The molecule has 3 aromatic rings. The van der Waals surface area contributed by atoms with Crippen LogP contribution in [0.5, 0.6) is 5.75 Å². The van der Waals surface area contributed by atoms with Crippen LogP contribution in [0.1, 0.15) is 36.8 Å². The smallest absolute Gasteiger partial charge is 0.357 e. The summed E-state index contributed by atoms with van der Waals surface area (Å²) >= 11 is 12.0. The Bertz CT molecular complexity index is 1220. The van der Waals surface area contributed by atoms with E-state index in [1.54, 1.807) is 24.5 Å². The van der Waals surface area contributed by atoms with E-state index in [1.165, 1.54) is 22.8 Å². The third-order valence-corrected chi connectivity index (χ3v) is 5.94. The van der Waals surface area contributed by atoms with Crippen LogP contribution in [0, 0.1) is 0 Å². The fraction of sp³-hybridized carbons (Fsp3) is 0.263. The molecule has 0 bridgehead atoms. The predicted molar refractivity (Wildman–Crippen MR) is 117 cm³/mol. The van der Waals surface area contributed by atoms with E-state index in [0.29, 0.717) is 5.69 Å². The van der Waals surface area contributed by atoms with Gasteiger partial charge in [-0.15, -0.1) is 0 Å². The van der Waals surface area contributed by atoms with Gasteiger partial charge >= 0.3 is 10.1 Å². The van der Waals surface area contributed by atoms with Crippen LogP contribution >= 0.6 is 23.2 Å². The number of rotatable bonds is 8. The topological polar surface area (TPSA) is 123 Å². The molecular formula is C19H18Cl2N6O3S. The van der Waals surface area contributed by atoms with Crippen LogP contribution in [0.15, 0.2) is 52.9 Å². The third-order valence-electron chi connectivity index (χ3n) is 4.19. The Hall–Kier alpha value is -2.78. The van der Waals surface area contributed by atoms with Gasteiger partial charge in [0.15, 0.2) is 5.03 Å². The molecule has 0 atom stereocenters. The van der Waals surface area contributed by atoms with E-state index in [4.69, 9.17) is 32.9 Å². The Kier molecular flexibility index (Phi) is 7.07. The van der Waals surface area contributed by atoms with Crippen molar-refractivity contribution in [1.29, 1.82) is 0 Å². The molecule has 12 heteroatoms. The van der Waals surface area contributed by atoms with E-state index >= 15 is 0 Å². The van der Waals surface area contributed by atoms with Gasteiger partial charge in [-0.05, 0) is 29.1 Å². The molecule has 0 aliphatic heterocycles. The normalized spacial score (nSPS) is 11.4. The number of hydrogen-bond donors (Lipinski definition) is 0. The van der Waals surface area contributed by atoms with Crippen molar-refractivity contribution in [1.82, 2.24) is 14.5 Å². The first-order valence-electron chi connectivity index (χ1n) is 9.11. The highest BCUT2D eigenvalue weighted by atomic mass is 35.5. The standard InChI is InChI=1S/C19H18Cl2N6O3S/c1-12(2)18-19(31(28,29)30-16-7-14(20)6-15(21)8-16)27(17(25-18)10-24-26-22)11-13-4-3-5-23-9-13/h3-9,12H,10-11H2,1-2H3. The largest absolute Gasteiger partial charge is 0.378 e. The lowest BCUT2D eigenvalue weighted by Gasteiger charge is -2.14. The molecule has 2 heterocycles. The summed E-state index contributed by atoms with van der Waals surface area (Å²) < 4.78 is 33.5. The van der Waals surface area contributed by atoms with E-state index in [2.05, 4.69) is 20.0 Å². The van der Waals surface area contributed by atoms with Crippen molar-refractivity contribution in [2.75, 3.05) is 0 Å². The minimum Gasteiger partial charge on any atom is -0.378 e. The van der Waals surface area contributed by atoms with Crippen LogP contribution in [0.4, 0.5) is 0 Å². The van der Waals surface area contributed by atoms with Crippen LogP contribution in [0.2, 0.25) is 10.0 Å². The van der Waals surface area contributed by atoms with Crippen LogP contribution in [-0.4, -0.2) is 23.0 Å². The highest BCUT2D eigenvalue weighted by Crippen LogP contribution is 2.31. The van der Waals surface area contributed by atoms with Crippen molar-refractivity contribution in [3.63, 3.8) is 0 Å². The SMILES string of the molecule is CC(C)c1nc(CN=[N+]=[N-])n(Cc2cccnc2)c1S(=O)(=O)Oc1cc(Cl)cc(Cl)c1. The fourth-order valence-electron chi connectivity index (χ4n) is 2.94. The Morgan fingerprint density at radius 1 is 1.26 bits per heavy atom. The zero-order valence-electron chi connectivity index (χ0n) is 16.6. The van der Waals surface area contributed by atoms with E-state index in [9.17, 15) is 8.42 Å². The first-order valence-corrected chi connectivity index (χ1v) is 11.3. The van der Waals surface area contributed by atoms with Crippen LogP contribution in [-0.2, 0) is 23.2 Å². The lowest BCUT2D eigenvalue weighted by molar-refractivity contribution is 0.471. The second kappa shape index (κ2) is 9.57. The van der Waals surface area contributed by atoms with Crippen molar-refractivity contribution >= 4 is 33.3 Å². The fourth-order valence-corrected chi connectivity index (χ4v) is 4.85. The predicted octanol–water partition coefficient (Wildman–Crippen LogP) is 5.33. The Morgan fingerprint density at radius 3 is 2.55 bits per heavy atom. The quantitative estimate of drug-likeness (QED) is 0.186. The van der Waals surface area contributed by atoms with Gasteiger partial charge in [0.25, 0.3) is 0 Å². The van der Waals surface area contributed by atoms with Crippen LogP contribution in [0.3, 0.4) is 0 Å². The molecule has 0 aliphatic rings. The zero-order valence-corrected chi connectivity index (χ0v) is 18.9. The van der Waals surface area contributed by atoms with Gasteiger partial charge in [0.1, 0.15) is 11.6 Å². The van der Waals surface area contributed by atoms with Gasteiger partial charge in [0.05, 0.1) is 18.8 Å². The van der Waals surface area contributed by atoms with E-state index < -0.39 is 10.1 Å². The molecule has 0 unspecified atom stereocenters. The second-order valence-corrected chi connectivity index (χ2v) is 9.19. The van der Waals surface area contributed by atoms with Crippen LogP contribution in [0.25, 0.3) is 10.4 Å². The molecule has 0 aliphatic carbocycles. The van der Waals surface area contributed by atoms with Gasteiger partial charge in [-0.2, -0.15) is 8.42 Å². The Morgan fingerprint density at radius 2 is 1.97 bits per heavy atom. The molecule has 3 rings (SSSR count). The number of imidazole rings is 1. The number of halogens is 2. The van der Waals surface area contributed by atoms with Crippen molar-refractivity contribution in [2.24, 2.45) is 5.11 Å². The molecule has 0 spiro atoms. The summed E-state index contributed by atoms with van der Waals surface area (Å²) in [6.07, 6.45) is 3.22. The van der Waals surface area contributed by atoms with Crippen molar-refractivity contribution in [2.45, 2.75) is 37.9 Å². The highest BCUT2D eigenvalue weighted by molar-refractivity contribution is 7.87. The first kappa shape index (κ1) is 22.9. The third kappa shape index (κ3) is 5.48. The molecular weight excluding hydrogens is 463 g/mol. The molecule has 9 nitrogen and oxygen atoms in total. The average Bonchev–Trinajstić information content (AvgIpc) is 3.05. The van der Waals surface area contributed by atoms with Crippen molar-refractivity contribution in [3.8, 4) is 5.75 Å². The van der Waals surface area contributed by atoms with E-state index in [1.807, 2.05) is 13.8 Å². The molecule has 0 radical (unpaired) electrons. The molecule has 1 aromatic carbocycles. The minimum atomic E-state index is -4.35. The summed E-state index contributed by atoms with van der Waals surface area (Å²) in [7, 11) is -4.35. The Balaban J connectivity index is 2.17. The lowest BCUT2D eigenvalue weighted by Crippen LogP contribution is -2.19. The summed E-state index contributed by atoms with van der Waals surface area (Å²) in [5.74, 6) is 0.00544. The molecule has 0 fully saturated rings. The maximum atomic E-state index is 13.4. The van der Waals surface area contributed by atoms with Gasteiger partial charge in [-0.25, -0.2) is 4.98 Å². The second-order valence-electron chi connectivity index (χ2n) is 6.85. The molecule has 0 saturated heterocycles. The summed E-state index contributed by atoms with van der Waals surface area (Å²) in [6.45, 7) is 3.62. The van der Waals surface area contributed by atoms with E-state index in [-0.39, 0.29) is 45.7 Å². The summed E-state index contributed by atoms with van der Waals surface area (Å²) in [4.78, 5) is 11.3. The molecule has 162 valence electrons. The van der Waals surface area contributed by atoms with Crippen LogP contribution < -0.4 is 4.18 Å². The molecule has 2 aromatic heterocycles. The summed E-state index contributed by atoms with van der Waals surface area (Å²) in [6, 6.07) is 7.70. The van der Waals surface area contributed by atoms with Gasteiger partial charge in [-0.3, -0.25) is 4.98 Å². The minimum absolute atomic E-state index is 0.0297. The lowest BCUT2D eigenvalue weighted by atomic mass is 10.1. The molecule has 0 amide bonds. The number of pyridine rings is 1. The van der Waals surface area contributed by atoms with Gasteiger partial charge in [0.2, 0.25) is 0 Å². The first-order chi connectivity index (χ1) is 14.7. The maximum absolute atomic E-state index is 13.4. The van der Waals surface area contributed by atoms with Gasteiger partial charge < -0.3 is 8.75 Å². The van der Waals surface area contributed by atoms with Gasteiger partial charge in [0, 0.05) is 39.5 Å². The van der Waals surface area contributed by atoms with Crippen molar-refractivity contribution in [3.05, 3.63) is 80.3 Å². The highest BCUT2D eigenvalue weighted by Gasteiger charge is 2.31. The monoisotopic (exact) mass is 480 g/mol. The zero-order chi connectivity index (χ0) is 22.6. The summed E-state index contributed by atoms with van der Waals surface area (Å²) in [5.41, 5.74) is 9.77. The maximum Gasteiger partial charge on any atom is 0.357 e. The van der Waals surface area contributed by atoms with E-state index in [0.717, 1.165) is 5.56 Å².